The summed E-state index contributed by atoms with van der Waals surface area (Å²) in [5.74, 6) is 2.45. The molecule has 0 fully saturated rings. The summed E-state index contributed by atoms with van der Waals surface area (Å²) < 4.78 is 2.22. The first-order valence-corrected chi connectivity index (χ1v) is 18.0. The summed E-state index contributed by atoms with van der Waals surface area (Å²) in [6, 6.07) is 29.2. The third kappa shape index (κ3) is 4.88. The van der Waals surface area contributed by atoms with Crippen LogP contribution in [-0.2, 0) is 16.4 Å². The van der Waals surface area contributed by atoms with Gasteiger partial charge in [-0.25, -0.2) is 29.9 Å². The number of nitrogens with one attached hydrogen (secondary N) is 1. The highest BCUT2D eigenvalue weighted by atomic mass is 15.2. The summed E-state index contributed by atoms with van der Waals surface area (Å²) in [6.07, 6.45) is 0. The van der Waals surface area contributed by atoms with Crippen LogP contribution in [0.3, 0.4) is 0 Å². The predicted octanol–water partition coefficient (Wildman–Crippen LogP) is 10.7. The molecule has 0 saturated carbocycles. The lowest BCUT2D eigenvalue weighted by molar-refractivity contribution is 0.419. The highest BCUT2D eigenvalue weighted by Crippen LogP contribution is 2.43. The van der Waals surface area contributed by atoms with Crippen molar-refractivity contribution in [2.45, 2.75) is 78.7 Å². The number of aromatic amines is 1. The molecular formula is C44H42N8. The van der Waals surface area contributed by atoms with Crippen molar-refractivity contribution in [2.24, 2.45) is 0 Å². The Kier molecular flexibility index (Phi) is 6.73. The molecule has 0 radical (unpaired) electrons. The van der Waals surface area contributed by atoms with E-state index in [0.29, 0.717) is 28.9 Å². The summed E-state index contributed by atoms with van der Waals surface area (Å²) in [5.41, 5.74) is 8.61. The lowest BCUT2D eigenvalue weighted by Crippen LogP contribution is -2.22. The number of hydrogen-bond acceptors (Lipinski definition) is 6. The van der Waals surface area contributed by atoms with Gasteiger partial charge < -0.3 is 9.55 Å². The van der Waals surface area contributed by atoms with Crippen LogP contribution in [0.2, 0.25) is 0 Å². The van der Waals surface area contributed by atoms with Crippen LogP contribution in [0.5, 0.6) is 0 Å². The molecule has 0 saturated heterocycles. The van der Waals surface area contributed by atoms with E-state index in [1.54, 1.807) is 0 Å². The molecule has 8 bridgehead atoms. The molecule has 52 heavy (non-hydrogen) atoms. The first-order chi connectivity index (χ1) is 24.7. The van der Waals surface area contributed by atoms with E-state index in [1.807, 2.05) is 24.3 Å². The van der Waals surface area contributed by atoms with E-state index in [-0.39, 0.29) is 16.4 Å². The van der Waals surface area contributed by atoms with Crippen LogP contribution in [0, 0.1) is 0 Å². The summed E-state index contributed by atoms with van der Waals surface area (Å²) in [7, 11) is 0. The van der Waals surface area contributed by atoms with Crippen LogP contribution in [0.1, 0.15) is 73.4 Å². The van der Waals surface area contributed by atoms with Gasteiger partial charge in [0.25, 0.3) is 0 Å². The zero-order valence-electron chi connectivity index (χ0n) is 31.2. The van der Waals surface area contributed by atoms with E-state index < -0.39 is 0 Å². The van der Waals surface area contributed by atoms with Gasteiger partial charge in [0, 0.05) is 49.3 Å². The van der Waals surface area contributed by atoms with Crippen LogP contribution in [0.25, 0.3) is 89.7 Å². The Bertz CT molecular complexity index is 2800. The third-order valence-corrected chi connectivity index (χ3v) is 10.1. The molecule has 2 aliphatic rings. The van der Waals surface area contributed by atoms with Crippen LogP contribution in [-0.4, -0.2) is 39.5 Å². The van der Waals surface area contributed by atoms with Crippen molar-refractivity contribution in [1.82, 2.24) is 39.5 Å². The van der Waals surface area contributed by atoms with Gasteiger partial charge in [-0.3, -0.25) is 0 Å². The topological polar surface area (TPSA) is 98.1 Å². The fourth-order valence-corrected chi connectivity index (χ4v) is 7.88. The number of benzene rings is 4. The minimum absolute atomic E-state index is 0.0987. The Morgan fingerprint density at radius 3 is 1.33 bits per heavy atom. The molecule has 7 aromatic rings. The summed E-state index contributed by atoms with van der Waals surface area (Å²) in [6.45, 7) is 20.2. The SMILES string of the molecule is CC(C)(C)c1ccc2c3nc4nc(nc5c6ccccc6c(nc6nc(nc([nH]3)c2c1C(C)(C)C)-c1ccccc1-6)n5C(C)(C)C)-c1ccccc1-4. The Morgan fingerprint density at radius 1 is 0.442 bits per heavy atom. The summed E-state index contributed by atoms with van der Waals surface area (Å²) in [4.78, 5) is 35.5. The first kappa shape index (κ1) is 32.2. The van der Waals surface area contributed by atoms with Gasteiger partial charge in [0.15, 0.2) is 23.3 Å². The summed E-state index contributed by atoms with van der Waals surface area (Å²) in [5, 5.41) is 4.03. The molecule has 2 aliphatic heterocycles. The van der Waals surface area contributed by atoms with E-state index in [9.17, 15) is 0 Å². The Hall–Kier alpha value is -5.76. The average molecular weight is 683 g/mol. The molecule has 0 unspecified atom stereocenters. The molecule has 9 rings (SSSR count). The van der Waals surface area contributed by atoms with E-state index in [1.165, 1.54) is 11.1 Å². The van der Waals surface area contributed by atoms with E-state index in [4.69, 9.17) is 29.9 Å². The van der Waals surface area contributed by atoms with Gasteiger partial charge >= 0.3 is 0 Å². The molecule has 0 spiro atoms. The van der Waals surface area contributed by atoms with E-state index in [0.717, 1.165) is 60.7 Å². The fraction of sp³-hybridized carbons (Fsp3) is 0.273. The van der Waals surface area contributed by atoms with E-state index >= 15 is 0 Å². The van der Waals surface area contributed by atoms with Crippen LogP contribution < -0.4 is 0 Å². The Balaban J connectivity index is 1.56. The average Bonchev–Trinajstić information content (AvgIpc) is 3.81. The molecule has 4 aromatic carbocycles. The van der Waals surface area contributed by atoms with Crippen molar-refractivity contribution in [3.8, 4) is 45.6 Å². The van der Waals surface area contributed by atoms with Gasteiger partial charge in [0.1, 0.15) is 22.6 Å². The van der Waals surface area contributed by atoms with Gasteiger partial charge in [0.05, 0.1) is 0 Å². The molecular weight excluding hydrogens is 641 g/mol. The third-order valence-electron chi connectivity index (χ3n) is 10.1. The zero-order valence-corrected chi connectivity index (χ0v) is 31.2. The van der Waals surface area contributed by atoms with Crippen molar-refractivity contribution in [2.75, 3.05) is 0 Å². The number of rotatable bonds is 0. The largest absolute Gasteiger partial charge is 0.324 e. The number of fused-ring (bicyclic) bond motifs is 20. The molecule has 0 aliphatic carbocycles. The summed E-state index contributed by atoms with van der Waals surface area (Å²) >= 11 is 0. The van der Waals surface area contributed by atoms with Crippen molar-refractivity contribution in [3.63, 3.8) is 0 Å². The maximum Gasteiger partial charge on any atom is 0.164 e. The second-order valence-corrected chi connectivity index (χ2v) is 17.0. The van der Waals surface area contributed by atoms with Crippen molar-refractivity contribution >= 4 is 44.1 Å². The Morgan fingerprint density at radius 2 is 0.885 bits per heavy atom. The first-order valence-electron chi connectivity index (χ1n) is 18.0. The predicted molar refractivity (Wildman–Crippen MR) is 212 cm³/mol. The monoisotopic (exact) mass is 682 g/mol. The number of aromatic nitrogens is 8. The molecule has 258 valence electrons. The highest BCUT2D eigenvalue weighted by Gasteiger charge is 2.31. The molecule has 1 N–H and O–H groups in total. The van der Waals surface area contributed by atoms with E-state index in [2.05, 4.69) is 133 Å². The van der Waals surface area contributed by atoms with Gasteiger partial charge in [-0.05, 0) is 42.7 Å². The maximum atomic E-state index is 5.40. The van der Waals surface area contributed by atoms with Crippen molar-refractivity contribution in [1.29, 1.82) is 0 Å². The van der Waals surface area contributed by atoms with Gasteiger partial charge in [-0.2, -0.15) is 0 Å². The molecule has 8 nitrogen and oxygen atoms in total. The number of nitrogens with zero attached hydrogens (tertiary/aromatic N) is 7. The quantitative estimate of drug-likeness (QED) is 0.171. The minimum Gasteiger partial charge on any atom is -0.324 e. The van der Waals surface area contributed by atoms with Crippen molar-refractivity contribution in [3.05, 3.63) is 96.1 Å². The Labute approximate surface area is 303 Å². The standard InChI is InChI=1S/C44H42N8/c1-42(2,3)31-23-22-30-32(33(31)43(4,5)6)39-48-35-25-17-11-13-19-27(25)37(46-35)51-41-29-21-15-14-20-28(29)40(52(41)44(7,8)9)50-36-26-18-12-10-16-24(26)34(45-36)47-38(30)49-39/h10-23H,1-9H3,(H,45,46,47,48,49,50,51). The van der Waals surface area contributed by atoms with Crippen LogP contribution >= 0.6 is 0 Å². The second-order valence-electron chi connectivity index (χ2n) is 17.0. The maximum absolute atomic E-state index is 5.40. The molecule has 0 amide bonds. The fourth-order valence-electron chi connectivity index (χ4n) is 7.88. The normalized spacial score (nSPS) is 13.1. The lowest BCUT2D eigenvalue weighted by atomic mass is 9.73. The molecule has 3 aromatic heterocycles. The highest BCUT2D eigenvalue weighted by molar-refractivity contribution is 6.08. The van der Waals surface area contributed by atoms with Crippen LogP contribution in [0.4, 0.5) is 0 Å². The van der Waals surface area contributed by atoms with Crippen molar-refractivity contribution < 1.29 is 0 Å². The number of hydrogen-bond donors (Lipinski definition) is 1. The smallest absolute Gasteiger partial charge is 0.164 e. The van der Waals surface area contributed by atoms with Gasteiger partial charge in [0.2, 0.25) is 0 Å². The van der Waals surface area contributed by atoms with Gasteiger partial charge in [-0.1, -0.05) is 126 Å². The van der Waals surface area contributed by atoms with Crippen LogP contribution in [0.15, 0.2) is 84.9 Å². The zero-order chi connectivity index (χ0) is 36.3. The molecule has 8 heteroatoms. The molecule has 5 heterocycles. The number of H-pyrrole nitrogens is 1. The lowest BCUT2D eigenvalue weighted by Gasteiger charge is -2.30. The minimum atomic E-state index is -0.377. The second kappa shape index (κ2) is 10.9. The van der Waals surface area contributed by atoms with Gasteiger partial charge in [-0.15, -0.1) is 0 Å². The molecule has 0 atom stereocenters.